The third kappa shape index (κ3) is 10.5. The van der Waals surface area contributed by atoms with Gasteiger partial charge in [0.25, 0.3) is 0 Å². The Morgan fingerprint density at radius 2 is 1.60 bits per heavy atom. The number of amides is 4. The standard InChI is InChI=1S/C39H65N5O5S/c1-12-27(6)37(42(9)39(48)35(25(2)3)40-38(47)36(26(4)5)41(7)8)31(49-10)23-33(45)43-22-16-19-30(43)32(50-11)24-34(46)44(29-20-21-29)28-17-14-13-15-18-28/h13-15,17-18,25-27,29-32,35-37H,12,16,19-24H2,1-11H3,(H,40,47). The number of anilines is 1. The molecule has 1 saturated heterocycles. The van der Waals surface area contributed by atoms with Gasteiger partial charge in [-0.2, -0.15) is 11.8 Å². The second-order valence-electron chi connectivity index (χ2n) is 15.3. The van der Waals surface area contributed by atoms with Crippen molar-refractivity contribution in [1.82, 2.24) is 20.0 Å². The number of methoxy groups -OCH3 is 1. The Morgan fingerprint density at radius 3 is 2.10 bits per heavy atom. The first kappa shape index (κ1) is 41.8. The largest absolute Gasteiger partial charge is 0.379 e. The fourth-order valence-electron chi connectivity index (χ4n) is 7.74. The first-order valence-corrected chi connectivity index (χ1v) is 19.9. The minimum Gasteiger partial charge on any atom is -0.379 e. The number of thioether (sulfide) groups is 1. The highest BCUT2D eigenvalue weighted by molar-refractivity contribution is 7.99. The maximum absolute atomic E-state index is 14.2. The van der Waals surface area contributed by atoms with Crippen LogP contribution in [-0.2, 0) is 23.9 Å². The van der Waals surface area contributed by atoms with E-state index in [2.05, 4.69) is 19.2 Å². The van der Waals surface area contributed by atoms with Crippen LogP contribution in [0.25, 0.3) is 0 Å². The van der Waals surface area contributed by atoms with Gasteiger partial charge in [0.05, 0.1) is 24.6 Å². The van der Waals surface area contributed by atoms with Crippen LogP contribution in [0.4, 0.5) is 5.69 Å². The van der Waals surface area contributed by atoms with Crippen LogP contribution in [0.1, 0.15) is 86.5 Å². The molecule has 0 radical (unpaired) electrons. The van der Waals surface area contributed by atoms with Crippen LogP contribution >= 0.6 is 11.8 Å². The minimum atomic E-state index is -0.720. The fourth-order valence-corrected chi connectivity index (χ4v) is 8.65. The lowest BCUT2D eigenvalue weighted by Crippen LogP contribution is -2.59. The number of hydrogen-bond acceptors (Lipinski definition) is 7. The molecule has 3 rings (SSSR count). The first-order chi connectivity index (χ1) is 23.7. The Bertz CT molecular complexity index is 1250. The molecule has 1 aliphatic carbocycles. The second kappa shape index (κ2) is 19.3. The van der Waals surface area contributed by atoms with Gasteiger partial charge in [0.2, 0.25) is 23.6 Å². The SMILES string of the molecule is CCC(C)C(C(CC(=O)N1CCCC1C(CC(=O)N(c1ccccc1)C1CC1)SC)OC)N(C)C(=O)C(NC(=O)C(C(C)C)N(C)C)C(C)C. The summed E-state index contributed by atoms with van der Waals surface area (Å²) in [6.45, 7) is 12.7. The summed E-state index contributed by atoms with van der Waals surface area (Å²) in [5.74, 6) is -0.293. The monoisotopic (exact) mass is 715 g/mol. The van der Waals surface area contributed by atoms with Crippen molar-refractivity contribution in [3.63, 3.8) is 0 Å². The van der Waals surface area contributed by atoms with Gasteiger partial charge in [-0.3, -0.25) is 24.1 Å². The number of benzene rings is 1. The molecule has 10 nitrogen and oxygen atoms in total. The molecule has 1 saturated carbocycles. The quantitative estimate of drug-likeness (QED) is 0.208. The van der Waals surface area contributed by atoms with Gasteiger partial charge in [-0.25, -0.2) is 0 Å². The molecular formula is C39H65N5O5S. The van der Waals surface area contributed by atoms with E-state index < -0.39 is 12.1 Å². The third-order valence-corrected chi connectivity index (χ3v) is 11.8. The zero-order valence-electron chi connectivity index (χ0n) is 32.6. The van der Waals surface area contributed by atoms with Gasteiger partial charge in [-0.1, -0.05) is 66.2 Å². The Morgan fingerprint density at radius 1 is 0.960 bits per heavy atom. The predicted octanol–water partition coefficient (Wildman–Crippen LogP) is 5.30. The van der Waals surface area contributed by atoms with E-state index >= 15 is 0 Å². The molecule has 1 aliphatic heterocycles. The summed E-state index contributed by atoms with van der Waals surface area (Å²) in [6, 6.07) is 8.63. The smallest absolute Gasteiger partial charge is 0.245 e. The molecule has 1 aromatic carbocycles. The average molecular weight is 716 g/mol. The second-order valence-corrected chi connectivity index (χ2v) is 16.4. The van der Waals surface area contributed by atoms with Crippen molar-refractivity contribution in [3.8, 4) is 0 Å². The third-order valence-electron chi connectivity index (χ3n) is 10.7. The molecule has 50 heavy (non-hydrogen) atoms. The summed E-state index contributed by atoms with van der Waals surface area (Å²) < 4.78 is 6.06. The van der Waals surface area contributed by atoms with Gasteiger partial charge in [-0.05, 0) is 75.9 Å². The molecule has 7 atom stereocenters. The Labute approximate surface area is 306 Å². The molecule has 0 bridgehead atoms. The van der Waals surface area contributed by atoms with Crippen LogP contribution in [0.15, 0.2) is 30.3 Å². The summed E-state index contributed by atoms with van der Waals surface area (Å²) in [6.07, 6.45) is 6.55. The zero-order valence-corrected chi connectivity index (χ0v) is 33.4. The Kier molecular flexibility index (Phi) is 16.1. The summed E-state index contributed by atoms with van der Waals surface area (Å²) in [7, 11) is 7.13. The van der Waals surface area contributed by atoms with Crippen LogP contribution in [-0.4, -0.2) is 121 Å². The van der Waals surface area contributed by atoms with Gasteiger partial charge in [0.1, 0.15) is 6.04 Å². The number of para-hydroxylation sites is 1. The van der Waals surface area contributed by atoms with Crippen LogP contribution in [0.2, 0.25) is 0 Å². The van der Waals surface area contributed by atoms with E-state index in [0.717, 1.165) is 37.8 Å². The number of nitrogens with zero attached hydrogens (tertiary/aromatic N) is 4. The Hall–Kier alpha value is -2.63. The normalized spacial score (nSPS) is 20.0. The minimum absolute atomic E-state index is 0.0124. The van der Waals surface area contributed by atoms with Crippen molar-refractivity contribution in [2.75, 3.05) is 46.0 Å². The molecule has 4 amide bonds. The number of likely N-dealkylation sites (tertiary alicyclic amines) is 1. The predicted molar refractivity (Wildman–Crippen MR) is 204 cm³/mol. The number of hydrogen-bond donors (Lipinski definition) is 1. The van der Waals surface area contributed by atoms with Gasteiger partial charge < -0.3 is 24.8 Å². The fraction of sp³-hybridized carbons (Fsp3) is 0.744. The Balaban J connectivity index is 1.78. The van der Waals surface area contributed by atoms with E-state index in [1.807, 2.05) is 93.1 Å². The first-order valence-electron chi connectivity index (χ1n) is 18.6. The molecule has 0 spiro atoms. The number of carbonyl (C=O) groups is 4. The van der Waals surface area contributed by atoms with Crippen molar-refractivity contribution in [2.45, 2.75) is 128 Å². The van der Waals surface area contributed by atoms with Crippen molar-refractivity contribution in [3.05, 3.63) is 30.3 Å². The molecular weight excluding hydrogens is 651 g/mol. The maximum Gasteiger partial charge on any atom is 0.245 e. The molecule has 2 aliphatic rings. The van der Waals surface area contributed by atoms with Crippen molar-refractivity contribution < 1.29 is 23.9 Å². The van der Waals surface area contributed by atoms with E-state index in [-0.39, 0.29) is 77.2 Å². The summed E-state index contributed by atoms with van der Waals surface area (Å²) in [4.78, 5) is 63.1. The van der Waals surface area contributed by atoms with Gasteiger partial charge in [-0.15, -0.1) is 0 Å². The van der Waals surface area contributed by atoms with Crippen LogP contribution < -0.4 is 10.2 Å². The van der Waals surface area contributed by atoms with Gasteiger partial charge >= 0.3 is 0 Å². The van der Waals surface area contributed by atoms with Crippen molar-refractivity contribution in [1.29, 1.82) is 0 Å². The van der Waals surface area contributed by atoms with E-state index in [1.165, 1.54) is 0 Å². The lowest BCUT2D eigenvalue weighted by Gasteiger charge is -2.41. The molecule has 1 aromatic rings. The summed E-state index contributed by atoms with van der Waals surface area (Å²) in [5.41, 5.74) is 0.939. The number of carbonyl (C=O) groups excluding carboxylic acids is 4. The number of nitrogens with one attached hydrogen (secondary N) is 1. The van der Waals surface area contributed by atoms with Crippen LogP contribution in [0.5, 0.6) is 0 Å². The zero-order chi connectivity index (χ0) is 37.3. The highest BCUT2D eigenvalue weighted by Crippen LogP contribution is 2.35. The van der Waals surface area contributed by atoms with Crippen LogP contribution in [0.3, 0.4) is 0 Å². The molecule has 1 N–H and O–H groups in total. The molecule has 282 valence electrons. The maximum atomic E-state index is 14.2. The molecule has 0 aromatic heterocycles. The molecule has 11 heteroatoms. The molecule has 2 fully saturated rings. The van der Waals surface area contributed by atoms with Gasteiger partial charge in [0, 0.05) is 50.1 Å². The number of likely N-dealkylation sites (N-methyl/N-ethyl adjacent to an activating group) is 2. The number of ether oxygens (including phenoxy) is 1. The van der Waals surface area contributed by atoms with Crippen molar-refractivity contribution in [2.24, 2.45) is 17.8 Å². The molecule has 7 unspecified atom stereocenters. The molecule has 1 heterocycles. The van der Waals surface area contributed by atoms with Crippen LogP contribution in [0, 0.1) is 17.8 Å². The average Bonchev–Trinajstić information content (AvgIpc) is 3.78. The number of rotatable bonds is 19. The van der Waals surface area contributed by atoms with E-state index in [4.69, 9.17) is 4.74 Å². The van der Waals surface area contributed by atoms with Gasteiger partial charge in [0.15, 0.2) is 0 Å². The lowest BCUT2D eigenvalue weighted by atomic mass is 9.89. The summed E-state index contributed by atoms with van der Waals surface area (Å²) >= 11 is 1.66. The topological polar surface area (TPSA) is 103 Å². The highest BCUT2D eigenvalue weighted by Gasteiger charge is 2.42. The highest BCUT2D eigenvalue weighted by atomic mass is 32.2. The summed E-state index contributed by atoms with van der Waals surface area (Å²) in [5, 5.41) is 3.04. The van der Waals surface area contributed by atoms with E-state index in [9.17, 15) is 19.2 Å². The van der Waals surface area contributed by atoms with Crippen molar-refractivity contribution >= 4 is 41.1 Å². The lowest BCUT2D eigenvalue weighted by molar-refractivity contribution is -0.146. The van der Waals surface area contributed by atoms with E-state index in [1.54, 1.807) is 30.8 Å². The van der Waals surface area contributed by atoms with E-state index in [0.29, 0.717) is 13.0 Å².